The van der Waals surface area contributed by atoms with Gasteiger partial charge in [0.1, 0.15) is 5.82 Å². The highest BCUT2D eigenvalue weighted by molar-refractivity contribution is 14.0. The molecule has 2 saturated carbocycles. The van der Waals surface area contributed by atoms with Crippen molar-refractivity contribution in [3.05, 3.63) is 35.6 Å². The van der Waals surface area contributed by atoms with Gasteiger partial charge in [-0.3, -0.25) is 4.99 Å². The van der Waals surface area contributed by atoms with Crippen molar-refractivity contribution in [1.82, 2.24) is 10.2 Å². The monoisotopic (exact) mass is 461 g/mol. The van der Waals surface area contributed by atoms with Crippen molar-refractivity contribution < 1.29 is 9.13 Å². The van der Waals surface area contributed by atoms with Crippen molar-refractivity contribution in [3.8, 4) is 0 Å². The van der Waals surface area contributed by atoms with Gasteiger partial charge in [0.05, 0.1) is 6.61 Å². The average molecular weight is 461 g/mol. The quantitative estimate of drug-likeness (QED) is 0.279. The molecule has 0 saturated heterocycles. The number of likely N-dealkylation sites (N-methyl/N-ethyl adjacent to an activating group) is 1. The number of ether oxygens (including phenoxy) is 1. The van der Waals surface area contributed by atoms with E-state index < -0.39 is 0 Å². The molecule has 2 aliphatic carbocycles. The molecule has 0 heterocycles. The van der Waals surface area contributed by atoms with Crippen LogP contribution in [0.5, 0.6) is 0 Å². The number of halogens is 2. The van der Waals surface area contributed by atoms with E-state index >= 15 is 0 Å². The zero-order valence-electron chi connectivity index (χ0n) is 15.1. The first-order valence-corrected chi connectivity index (χ1v) is 8.88. The van der Waals surface area contributed by atoms with E-state index in [0.717, 1.165) is 51.0 Å². The number of rotatable bonds is 8. The van der Waals surface area contributed by atoms with Crippen LogP contribution in [0.4, 0.5) is 4.39 Å². The van der Waals surface area contributed by atoms with Crippen molar-refractivity contribution in [2.24, 2.45) is 10.9 Å². The summed E-state index contributed by atoms with van der Waals surface area (Å²) in [4.78, 5) is 6.47. The zero-order valence-corrected chi connectivity index (χ0v) is 17.5. The molecule has 0 unspecified atom stereocenters. The summed E-state index contributed by atoms with van der Waals surface area (Å²) in [5.41, 5.74) is 1.34. The fraction of sp³-hybridized carbons (Fsp3) is 0.632. The van der Waals surface area contributed by atoms with Crippen LogP contribution in [0.15, 0.2) is 29.3 Å². The van der Waals surface area contributed by atoms with Crippen molar-refractivity contribution in [2.45, 2.75) is 31.1 Å². The molecule has 0 amide bonds. The Kier molecular flexibility index (Phi) is 7.49. The number of nitrogens with one attached hydrogen (secondary N) is 1. The Morgan fingerprint density at radius 3 is 2.56 bits per heavy atom. The molecule has 1 aromatic carbocycles. The minimum Gasteiger partial charge on any atom is -0.379 e. The predicted octanol–water partition coefficient (Wildman–Crippen LogP) is 3.41. The smallest absolute Gasteiger partial charge is 0.193 e. The number of aliphatic imine (C=N–C) groups is 1. The maximum absolute atomic E-state index is 13.1. The summed E-state index contributed by atoms with van der Waals surface area (Å²) < 4.78 is 18.8. The Hall–Kier alpha value is -0.890. The van der Waals surface area contributed by atoms with E-state index in [9.17, 15) is 4.39 Å². The van der Waals surface area contributed by atoms with Crippen LogP contribution >= 0.6 is 24.0 Å². The van der Waals surface area contributed by atoms with Gasteiger partial charge in [-0.05, 0) is 49.3 Å². The minimum atomic E-state index is -0.177. The molecule has 0 atom stereocenters. The van der Waals surface area contributed by atoms with Gasteiger partial charge in [0.15, 0.2) is 5.96 Å². The van der Waals surface area contributed by atoms with Crippen LogP contribution in [0, 0.1) is 11.7 Å². The molecule has 0 aromatic heterocycles. The van der Waals surface area contributed by atoms with Crippen LogP contribution in [-0.2, 0) is 10.2 Å². The summed E-state index contributed by atoms with van der Waals surface area (Å²) in [5, 5.41) is 3.47. The van der Waals surface area contributed by atoms with E-state index in [1.165, 1.54) is 18.4 Å². The lowest BCUT2D eigenvalue weighted by atomic mass is 9.96. The molecule has 0 aliphatic heterocycles. The van der Waals surface area contributed by atoms with Gasteiger partial charge in [-0.1, -0.05) is 12.1 Å². The largest absolute Gasteiger partial charge is 0.379 e. The first-order chi connectivity index (χ1) is 11.6. The van der Waals surface area contributed by atoms with Gasteiger partial charge in [-0.2, -0.15) is 0 Å². The molecule has 2 fully saturated rings. The lowest BCUT2D eigenvalue weighted by Gasteiger charge is -2.25. The molecule has 2 aliphatic rings. The minimum absolute atomic E-state index is 0. The van der Waals surface area contributed by atoms with E-state index in [0.29, 0.717) is 0 Å². The average Bonchev–Trinajstić information content (AvgIpc) is 3.48. The van der Waals surface area contributed by atoms with Crippen LogP contribution in [-0.4, -0.2) is 51.3 Å². The van der Waals surface area contributed by atoms with Gasteiger partial charge in [-0.25, -0.2) is 4.39 Å². The Morgan fingerprint density at radius 2 is 2.00 bits per heavy atom. The molecule has 1 aromatic rings. The second kappa shape index (κ2) is 9.16. The van der Waals surface area contributed by atoms with Gasteiger partial charge in [0, 0.05) is 39.2 Å². The third-order valence-corrected chi connectivity index (χ3v) is 5.09. The first kappa shape index (κ1) is 20.4. The van der Waals surface area contributed by atoms with Crippen LogP contribution in [0.2, 0.25) is 0 Å². The van der Waals surface area contributed by atoms with Gasteiger partial charge in [0.2, 0.25) is 0 Å². The normalized spacial score (nSPS) is 18.4. The Morgan fingerprint density at radius 1 is 1.32 bits per heavy atom. The lowest BCUT2D eigenvalue weighted by molar-refractivity contribution is 0.115. The van der Waals surface area contributed by atoms with Gasteiger partial charge >= 0.3 is 0 Å². The second-order valence-corrected chi connectivity index (χ2v) is 7.13. The summed E-state index contributed by atoms with van der Waals surface area (Å²) in [7, 11) is 3.84. The van der Waals surface area contributed by atoms with Crippen LogP contribution in [0.3, 0.4) is 0 Å². The van der Waals surface area contributed by atoms with E-state index in [1.807, 2.05) is 19.2 Å². The maximum Gasteiger partial charge on any atom is 0.193 e. The molecule has 140 valence electrons. The molecule has 1 N–H and O–H groups in total. The number of guanidine groups is 1. The van der Waals surface area contributed by atoms with Crippen LogP contribution in [0.25, 0.3) is 0 Å². The molecule has 0 radical (unpaired) electrons. The number of nitrogens with zero attached hydrogens (tertiary/aromatic N) is 2. The van der Waals surface area contributed by atoms with E-state index in [-0.39, 0.29) is 35.2 Å². The predicted molar refractivity (Wildman–Crippen MR) is 110 cm³/mol. The third kappa shape index (κ3) is 5.81. The zero-order chi connectivity index (χ0) is 17.0. The number of benzene rings is 1. The van der Waals surface area contributed by atoms with Crippen molar-refractivity contribution in [3.63, 3.8) is 0 Å². The molecule has 0 bridgehead atoms. The summed E-state index contributed by atoms with van der Waals surface area (Å²) in [5.74, 6) is 1.51. The van der Waals surface area contributed by atoms with Gasteiger partial charge in [-0.15, -0.1) is 24.0 Å². The fourth-order valence-electron chi connectivity index (χ4n) is 3.00. The summed E-state index contributed by atoms with van der Waals surface area (Å²) >= 11 is 0. The number of hydrogen-bond donors (Lipinski definition) is 1. The van der Waals surface area contributed by atoms with E-state index in [4.69, 9.17) is 4.74 Å². The Balaban J connectivity index is 0.00000225. The van der Waals surface area contributed by atoms with Crippen molar-refractivity contribution in [2.75, 3.05) is 40.4 Å². The molecular weight excluding hydrogens is 432 g/mol. The Bertz CT molecular complexity index is 571. The first-order valence-electron chi connectivity index (χ1n) is 8.88. The van der Waals surface area contributed by atoms with E-state index in [2.05, 4.69) is 15.2 Å². The van der Waals surface area contributed by atoms with Crippen LogP contribution < -0.4 is 5.32 Å². The second-order valence-electron chi connectivity index (χ2n) is 7.13. The number of hydrogen-bond acceptors (Lipinski definition) is 2. The molecule has 3 rings (SSSR count). The van der Waals surface area contributed by atoms with Crippen molar-refractivity contribution in [1.29, 1.82) is 0 Å². The summed E-state index contributed by atoms with van der Waals surface area (Å²) in [6.45, 7) is 3.29. The standard InChI is InChI=1S/C19H28FN3O.HI/c1-21-18(23(2)11-12-24-13-15-3-4-15)22-14-19(9-10-19)16-5-7-17(20)8-6-16;/h5-8,15H,3-4,9-14H2,1-2H3,(H,21,22);1H. The molecule has 0 spiro atoms. The highest BCUT2D eigenvalue weighted by Gasteiger charge is 2.44. The summed E-state index contributed by atoms with van der Waals surface area (Å²) in [6.07, 6.45) is 4.92. The maximum atomic E-state index is 13.1. The molecule has 4 nitrogen and oxygen atoms in total. The van der Waals surface area contributed by atoms with Crippen molar-refractivity contribution >= 4 is 29.9 Å². The molecular formula is C19H29FIN3O. The van der Waals surface area contributed by atoms with Gasteiger partial charge < -0.3 is 15.0 Å². The SMILES string of the molecule is CN=C(NCC1(c2ccc(F)cc2)CC1)N(C)CCOCC1CC1.I. The van der Waals surface area contributed by atoms with Crippen LogP contribution in [0.1, 0.15) is 31.2 Å². The topological polar surface area (TPSA) is 36.9 Å². The third-order valence-electron chi connectivity index (χ3n) is 5.09. The highest BCUT2D eigenvalue weighted by atomic mass is 127. The van der Waals surface area contributed by atoms with Gasteiger partial charge in [0.25, 0.3) is 0 Å². The molecule has 6 heteroatoms. The summed E-state index contributed by atoms with van der Waals surface area (Å²) in [6, 6.07) is 6.91. The highest BCUT2D eigenvalue weighted by Crippen LogP contribution is 2.47. The fourth-order valence-corrected chi connectivity index (χ4v) is 3.00. The lowest BCUT2D eigenvalue weighted by Crippen LogP contribution is -2.43. The molecule has 25 heavy (non-hydrogen) atoms. The Labute approximate surface area is 167 Å². The van der Waals surface area contributed by atoms with E-state index in [1.54, 1.807) is 19.2 Å².